The molecule has 0 bridgehead atoms. The molecule has 3 N–H and O–H groups in total. The van der Waals surface area contributed by atoms with Gasteiger partial charge in [0.1, 0.15) is 5.70 Å². The summed E-state index contributed by atoms with van der Waals surface area (Å²) in [6.07, 6.45) is 4.23. The summed E-state index contributed by atoms with van der Waals surface area (Å²) in [5.74, 6) is -0.602. The van der Waals surface area contributed by atoms with Crippen LogP contribution in [0.25, 0.3) is 12.2 Å². The maximum atomic E-state index is 11.8. The molecule has 142 valence electrons. The normalized spacial score (nSPS) is 15.0. The Bertz CT molecular complexity index is 1100. The number of nitrogens with zero attached hydrogens (tertiary/aromatic N) is 1. The Morgan fingerprint density at radius 3 is 2.68 bits per heavy atom. The summed E-state index contributed by atoms with van der Waals surface area (Å²) in [6.45, 7) is 2.60. The summed E-state index contributed by atoms with van der Waals surface area (Å²) >= 11 is 1.91. The van der Waals surface area contributed by atoms with E-state index in [2.05, 4.69) is 23.2 Å². The number of esters is 1. The molecule has 2 aromatic rings. The summed E-state index contributed by atoms with van der Waals surface area (Å²) in [5.41, 5.74) is 8.79. The van der Waals surface area contributed by atoms with E-state index in [1.165, 1.54) is 0 Å². The number of allylic oxidation sites excluding steroid dienone is 1. The molecule has 2 aromatic carbocycles. The van der Waals surface area contributed by atoms with Gasteiger partial charge in [-0.3, -0.25) is 10.4 Å². The zero-order valence-electron chi connectivity index (χ0n) is 15.4. The van der Waals surface area contributed by atoms with Gasteiger partial charge in [0.05, 0.1) is 27.8 Å². The number of fused-ring (bicyclic) bond motifs is 1. The number of nitrogens with two attached hydrogens (primary N) is 1. The fraction of sp³-hybridized carbons (Fsp3) is 0.136. The van der Waals surface area contributed by atoms with E-state index in [1.807, 2.05) is 65.1 Å². The average molecular weight is 485 g/mol. The Morgan fingerprint density at radius 2 is 1.96 bits per heavy atom. The van der Waals surface area contributed by atoms with Crippen LogP contribution in [0.4, 0.5) is 0 Å². The number of hydrogen-bond donors (Lipinski definition) is 2. The van der Waals surface area contributed by atoms with Crippen LogP contribution in [0.5, 0.6) is 0 Å². The third-order valence-corrected chi connectivity index (χ3v) is 5.33. The van der Waals surface area contributed by atoms with Crippen LogP contribution in [0.2, 0.25) is 0 Å². The van der Waals surface area contributed by atoms with Gasteiger partial charge in [-0.1, -0.05) is 42.5 Å². The Kier molecular flexibility index (Phi) is 6.41. The van der Waals surface area contributed by atoms with Crippen molar-refractivity contribution in [2.24, 2.45) is 10.7 Å². The number of para-hydroxylation sites is 1. The van der Waals surface area contributed by atoms with Crippen LogP contribution in [-0.4, -0.2) is 24.8 Å². The first-order valence-corrected chi connectivity index (χ1v) is 9.91. The molecule has 0 unspecified atom stereocenters. The lowest BCUT2D eigenvalue weighted by Gasteiger charge is -2.08. The number of carbonyl (C=O) groups excluding carboxylic acids is 1. The van der Waals surface area contributed by atoms with Crippen LogP contribution >= 0.6 is 22.6 Å². The smallest absolute Gasteiger partial charge is 0.355 e. The molecule has 0 atom stereocenters. The van der Waals surface area contributed by atoms with Gasteiger partial charge < -0.3 is 10.5 Å². The second kappa shape index (κ2) is 8.97. The number of rotatable bonds is 5. The summed E-state index contributed by atoms with van der Waals surface area (Å²) in [6, 6.07) is 15.6. The first-order chi connectivity index (χ1) is 13.5. The molecular weight excluding hydrogens is 465 g/mol. The van der Waals surface area contributed by atoms with Crippen LogP contribution in [0.3, 0.4) is 0 Å². The third-order valence-electron chi connectivity index (χ3n) is 4.21. The molecule has 0 fully saturated rings. The quantitative estimate of drug-likeness (QED) is 0.296. The molecule has 0 saturated heterocycles. The van der Waals surface area contributed by atoms with E-state index in [-0.39, 0.29) is 18.0 Å². The largest absolute Gasteiger partial charge is 0.461 e. The van der Waals surface area contributed by atoms with Crippen molar-refractivity contribution >= 4 is 46.4 Å². The van der Waals surface area contributed by atoms with Gasteiger partial charge in [-0.15, -0.1) is 0 Å². The minimum absolute atomic E-state index is 0.0456. The van der Waals surface area contributed by atoms with Gasteiger partial charge >= 0.3 is 5.97 Å². The summed E-state index contributed by atoms with van der Waals surface area (Å²) in [7, 11) is 0. The average Bonchev–Trinajstić information content (AvgIpc) is 2.72. The van der Waals surface area contributed by atoms with E-state index >= 15 is 0 Å². The highest BCUT2D eigenvalue weighted by Gasteiger charge is 2.16. The van der Waals surface area contributed by atoms with Gasteiger partial charge in [0.15, 0.2) is 0 Å². The maximum Gasteiger partial charge on any atom is 0.355 e. The Labute approximate surface area is 177 Å². The van der Waals surface area contributed by atoms with Crippen molar-refractivity contribution in [1.82, 2.24) is 0 Å². The molecule has 0 amide bonds. The topological polar surface area (TPSA) is 88.5 Å². The van der Waals surface area contributed by atoms with Crippen molar-refractivity contribution in [2.45, 2.75) is 6.92 Å². The van der Waals surface area contributed by atoms with Crippen LogP contribution in [-0.2, 0) is 9.53 Å². The van der Waals surface area contributed by atoms with Gasteiger partial charge in [0, 0.05) is 10.8 Å². The lowest BCUT2D eigenvalue weighted by Crippen LogP contribution is -2.27. The molecule has 6 heteroatoms. The molecular formula is C22H20IN3O2. The number of hydrogen-bond acceptors (Lipinski definition) is 5. The third kappa shape index (κ3) is 4.56. The first-order valence-electron chi connectivity index (χ1n) is 8.83. The SMILES string of the molecule is CCOC(=O)C(N)=C(I)C(=N)c1ccc(C=C2C=c3ccccc3=NC2)cc1. The minimum Gasteiger partial charge on any atom is -0.461 e. The fourth-order valence-electron chi connectivity index (χ4n) is 2.78. The van der Waals surface area contributed by atoms with Crippen LogP contribution in [0, 0.1) is 5.41 Å². The molecule has 5 nitrogen and oxygen atoms in total. The molecule has 1 heterocycles. The summed E-state index contributed by atoms with van der Waals surface area (Å²) in [4.78, 5) is 16.3. The summed E-state index contributed by atoms with van der Waals surface area (Å²) < 4.78 is 5.27. The van der Waals surface area contributed by atoms with Crippen LogP contribution in [0.15, 0.2) is 68.4 Å². The second-order valence-corrected chi connectivity index (χ2v) is 7.26. The van der Waals surface area contributed by atoms with E-state index in [4.69, 9.17) is 15.9 Å². The van der Waals surface area contributed by atoms with Crippen molar-refractivity contribution in [3.8, 4) is 0 Å². The fourth-order valence-corrected chi connectivity index (χ4v) is 3.31. The van der Waals surface area contributed by atoms with Crippen LogP contribution < -0.4 is 16.3 Å². The zero-order chi connectivity index (χ0) is 20.1. The molecule has 3 rings (SSSR count). The lowest BCUT2D eigenvalue weighted by molar-refractivity contribution is -0.138. The highest BCUT2D eigenvalue weighted by Crippen LogP contribution is 2.19. The number of benzene rings is 2. The lowest BCUT2D eigenvalue weighted by atomic mass is 10.0. The molecule has 0 aliphatic carbocycles. The van der Waals surface area contributed by atoms with Gasteiger partial charge in [0.25, 0.3) is 0 Å². The van der Waals surface area contributed by atoms with E-state index < -0.39 is 5.97 Å². The van der Waals surface area contributed by atoms with Gasteiger partial charge in [-0.2, -0.15) is 0 Å². The number of ether oxygens (including phenoxy) is 1. The van der Waals surface area contributed by atoms with E-state index in [9.17, 15) is 4.79 Å². The van der Waals surface area contributed by atoms with Crippen LogP contribution in [0.1, 0.15) is 18.1 Å². The van der Waals surface area contributed by atoms with Crippen molar-refractivity contribution in [3.05, 3.63) is 85.1 Å². The molecule has 1 aliphatic rings. The van der Waals surface area contributed by atoms with Gasteiger partial charge in [-0.25, -0.2) is 4.79 Å². The molecule has 0 radical (unpaired) electrons. The molecule has 0 saturated carbocycles. The predicted octanol–water partition coefficient (Wildman–Crippen LogP) is 2.72. The Morgan fingerprint density at radius 1 is 1.25 bits per heavy atom. The van der Waals surface area contributed by atoms with Crippen molar-refractivity contribution in [1.29, 1.82) is 5.41 Å². The van der Waals surface area contributed by atoms with Crippen molar-refractivity contribution < 1.29 is 9.53 Å². The summed E-state index contributed by atoms with van der Waals surface area (Å²) in [5, 5.41) is 10.4. The maximum absolute atomic E-state index is 11.8. The molecule has 0 spiro atoms. The minimum atomic E-state index is -0.602. The predicted molar refractivity (Wildman–Crippen MR) is 120 cm³/mol. The highest BCUT2D eigenvalue weighted by molar-refractivity contribution is 14.1. The molecule has 28 heavy (non-hydrogen) atoms. The van der Waals surface area contributed by atoms with Crippen molar-refractivity contribution in [2.75, 3.05) is 13.2 Å². The second-order valence-electron chi connectivity index (χ2n) is 6.18. The Balaban J connectivity index is 1.81. The number of carbonyl (C=O) groups is 1. The highest BCUT2D eigenvalue weighted by atomic mass is 127. The number of nitrogens with one attached hydrogen (secondary N) is 1. The molecule has 0 aromatic heterocycles. The van der Waals surface area contributed by atoms with E-state index in [0.29, 0.717) is 15.7 Å². The van der Waals surface area contributed by atoms with E-state index in [0.717, 1.165) is 21.7 Å². The molecule has 1 aliphatic heterocycles. The van der Waals surface area contributed by atoms with Gasteiger partial charge in [0.2, 0.25) is 0 Å². The standard InChI is InChI=1S/C22H20IN3O2/c1-2-28-22(27)21(25)19(23)20(24)16-9-7-14(8-10-16)11-15-12-17-5-3-4-6-18(17)26-13-15/h3-12,24H,2,13,25H2,1H3. The van der Waals surface area contributed by atoms with Crippen molar-refractivity contribution in [3.63, 3.8) is 0 Å². The monoisotopic (exact) mass is 485 g/mol. The van der Waals surface area contributed by atoms with Gasteiger partial charge in [-0.05, 0) is 58.9 Å². The zero-order valence-corrected chi connectivity index (χ0v) is 17.6. The van der Waals surface area contributed by atoms with E-state index in [1.54, 1.807) is 6.92 Å². The first kappa shape index (κ1) is 20.0. The number of halogens is 1. The Hall–Kier alpha value is -2.74.